The van der Waals surface area contributed by atoms with Crippen LogP contribution in [0.1, 0.15) is 41.6 Å². The van der Waals surface area contributed by atoms with E-state index in [2.05, 4.69) is 270 Å². The van der Waals surface area contributed by atoms with Gasteiger partial charge in [0.2, 0.25) is 0 Å². The number of allylic oxidation sites excluding steroid dienone is 5. The van der Waals surface area contributed by atoms with E-state index < -0.39 is 8.07 Å². The molecule has 0 saturated carbocycles. The van der Waals surface area contributed by atoms with Gasteiger partial charge in [-0.2, -0.15) is 0 Å². The number of fused-ring (bicyclic) bond motifs is 6. The predicted molar refractivity (Wildman–Crippen MR) is 304 cm³/mol. The molecule has 71 heavy (non-hydrogen) atoms. The van der Waals surface area contributed by atoms with Gasteiger partial charge in [-0.1, -0.05) is 187 Å². The third-order valence-electron chi connectivity index (χ3n) is 15.2. The topological polar surface area (TPSA) is 21.9 Å². The van der Waals surface area contributed by atoms with Gasteiger partial charge in [-0.15, -0.1) is 0 Å². The monoisotopic (exact) mass is 927 g/mol. The first-order valence-corrected chi connectivity index (χ1v) is 27.1. The molecule has 0 unspecified atom stereocenters. The van der Waals surface area contributed by atoms with E-state index in [-0.39, 0.29) is 0 Å². The molecule has 1 N–H and O–H groups in total. The summed E-state index contributed by atoms with van der Waals surface area (Å²) in [6.07, 6.45) is 13.6. The fourth-order valence-electron chi connectivity index (χ4n) is 11.9. The summed E-state index contributed by atoms with van der Waals surface area (Å²) in [5.41, 5.74) is 17.4. The van der Waals surface area contributed by atoms with Crippen molar-refractivity contribution in [3.63, 3.8) is 0 Å². The van der Waals surface area contributed by atoms with Crippen LogP contribution in [0, 0.1) is 6.92 Å². The molecule has 2 aromatic heterocycles. The average Bonchev–Trinajstić information content (AvgIpc) is 3.94. The zero-order valence-corrected chi connectivity index (χ0v) is 40.9. The molecule has 2 aliphatic carbocycles. The molecule has 9 aromatic carbocycles. The van der Waals surface area contributed by atoms with Gasteiger partial charge in [-0.3, -0.25) is 0 Å². The van der Waals surface area contributed by atoms with Crippen LogP contribution < -0.4 is 20.9 Å². The van der Waals surface area contributed by atoms with E-state index in [1.54, 1.807) is 0 Å². The summed E-state index contributed by atoms with van der Waals surface area (Å²) in [5.74, 6) is 0. The third kappa shape index (κ3) is 7.25. The molecule has 0 amide bonds. The molecule has 0 fully saturated rings. The standard InChI is InChI=1S/C67H53N3Si/c1-47-20-14-15-29-57(47)60-44-49(36-43-63(60)68-50-21-6-2-7-22-50)48-34-39-55(40-35-48)71(53-25-10-4-11-26-53,54-27-12-5-13-28-54)56-41-37-52(38-42-56)70-65-33-19-17-31-59(65)62-45-66-61(46-67(62)70)58-30-16-18-32-64(58)69(66)51-23-8-3-9-24-51/h2-17,19-31,33-34,36-39,41-46,68H,18,32,35,40H2,1H3. The smallest absolute Gasteiger partial charge is 0.175 e. The van der Waals surface area contributed by atoms with Gasteiger partial charge in [0.1, 0.15) is 0 Å². The molecule has 13 rings (SSSR count). The molecular formula is C67H53N3Si. The number of nitrogens with one attached hydrogen (secondary N) is 1. The van der Waals surface area contributed by atoms with Gasteiger partial charge >= 0.3 is 0 Å². The molecule has 0 radical (unpaired) electrons. The highest BCUT2D eigenvalue weighted by Crippen LogP contribution is 2.42. The van der Waals surface area contributed by atoms with Crippen molar-refractivity contribution in [1.29, 1.82) is 0 Å². The highest BCUT2D eigenvalue weighted by molar-refractivity contribution is 7.16. The van der Waals surface area contributed by atoms with Crippen LogP contribution in [-0.2, 0) is 6.42 Å². The number of hydrogen-bond donors (Lipinski definition) is 1. The number of nitrogens with zero attached hydrogens (tertiary/aromatic N) is 2. The molecule has 340 valence electrons. The summed E-state index contributed by atoms with van der Waals surface area (Å²) >= 11 is 0. The molecule has 3 nitrogen and oxygen atoms in total. The quantitative estimate of drug-likeness (QED) is 0.107. The number of benzene rings is 9. The van der Waals surface area contributed by atoms with Gasteiger partial charge in [0.05, 0.1) is 16.6 Å². The van der Waals surface area contributed by atoms with E-state index in [9.17, 15) is 0 Å². The van der Waals surface area contributed by atoms with Crippen molar-refractivity contribution in [3.05, 3.63) is 270 Å². The minimum absolute atomic E-state index is 0.956. The van der Waals surface area contributed by atoms with E-state index >= 15 is 0 Å². The van der Waals surface area contributed by atoms with Crippen molar-refractivity contribution in [1.82, 2.24) is 9.13 Å². The first-order chi connectivity index (χ1) is 35.1. The number of anilines is 2. The van der Waals surface area contributed by atoms with Gasteiger partial charge in [0, 0.05) is 55.7 Å². The van der Waals surface area contributed by atoms with Crippen molar-refractivity contribution in [2.24, 2.45) is 0 Å². The summed E-state index contributed by atoms with van der Waals surface area (Å²) in [5, 5.41) is 13.3. The lowest BCUT2D eigenvalue weighted by atomic mass is 9.92. The molecule has 0 aliphatic heterocycles. The van der Waals surface area contributed by atoms with Crippen LogP contribution in [0.5, 0.6) is 0 Å². The highest BCUT2D eigenvalue weighted by Gasteiger charge is 2.43. The lowest BCUT2D eigenvalue weighted by Gasteiger charge is -2.37. The van der Waals surface area contributed by atoms with E-state index in [0.29, 0.717) is 0 Å². The molecule has 2 aliphatic rings. The van der Waals surface area contributed by atoms with Crippen LogP contribution in [0.15, 0.2) is 248 Å². The van der Waals surface area contributed by atoms with E-state index in [4.69, 9.17) is 0 Å². The Hall–Kier alpha value is -8.44. The number of aryl methyl sites for hydroxylation is 1. The lowest BCUT2D eigenvalue weighted by Crippen LogP contribution is -2.68. The zero-order valence-electron chi connectivity index (χ0n) is 39.9. The number of aromatic nitrogens is 2. The Morgan fingerprint density at radius 3 is 1.79 bits per heavy atom. The fraction of sp³-hybridized carbons (Fsp3) is 0.0746. The molecule has 11 aromatic rings. The minimum atomic E-state index is -2.79. The molecule has 0 bridgehead atoms. The number of hydrogen-bond acceptors (Lipinski definition) is 1. The van der Waals surface area contributed by atoms with Crippen molar-refractivity contribution < 1.29 is 0 Å². The van der Waals surface area contributed by atoms with Crippen molar-refractivity contribution in [2.75, 3.05) is 5.32 Å². The normalized spacial score (nSPS) is 13.6. The second kappa shape index (κ2) is 17.8. The van der Waals surface area contributed by atoms with Crippen LogP contribution >= 0.6 is 0 Å². The SMILES string of the molecule is Cc1ccccc1-c1cc(C2=CC=C([Si](c3ccccc3)(c3ccccc3)c3ccc(-n4c5ccccc5c5cc6c(cc54)c4c(n6-c5ccccc5)CCC=C4)cc3)CC2)ccc1Nc1ccccc1. The predicted octanol–water partition coefficient (Wildman–Crippen LogP) is 15.2. The number of para-hydroxylation sites is 3. The lowest BCUT2D eigenvalue weighted by molar-refractivity contribution is 0.889. The van der Waals surface area contributed by atoms with Crippen molar-refractivity contribution >= 4 is 79.4 Å². The highest BCUT2D eigenvalue weighted by atomic mass is 28.3. The summed E-state index contributed by atoms with van der Waals surface area (Å²) < 4.78 is 5.01. The Morgan fingerprint density at radius 2 is 1.07 bits per heavy atom. The summed E-state index contributed by atoms with van der Waals surface area (Å²) in [7, 11) is -2.79. The van der Waals surface area contributed by atoms with Crippen LogP contribution in [0.25, 0.3) is 66.9 Å². The summed E-state index contributed by atoms with van der Waals surface area (Å²) in [4.78, 5) is 0. The largest absolute Gasteiger partial charge is 0.355 e. The molecule has 2 heterocycles. The first kappa shape index (κ1) is 42.6. The van der Waals surface area contributed by atoms with Gasteiger partial charge in [-0.05, 0) is 137 Å². The fourth-order valence-corrected chi connectivity index (χ4v) is 16.9. The van der Waals surface area contributed by atoms with Gasteiger partial charge in [-0.25, -0.2) is 0 Å². The van der Waals surface area contributed by atoms with Crippen LogP contribution in [0.3, 0.4) is 0 Å². The molecule has 0 atom stereocenters. The average molecular weight is 928 g/mol. The van der Waals surface area contributed by atoms with Gasteiger partial charge in [0.25, 0.3) is 0 Å². The minimum Gasteiger partial charge on any atom is -0.355 e. The Labute approximate surface area is 417 Å². The van der Waals surface area contributed by atoms with Gasteiger partial charge in [0.15, 0.2) is 8.07 Å². The molecule has 0 saturated heterocycles. The second-order valence-corrected chi connectivity index (χ2v) is 23.1. The van der Waals surface area contributed by atoms with Crippen molar-refractivity contribution in [2.45, 2.75) is 32.6 Å². The van der Waals surface area contributed by atoms with E-state index in [1.165, 1.54) is 104 Å². The molecular weight excluding hydrogens is 875 g/mol. The van der Waals surface area contributed by atoms with E-state index in [0.717, 1.165) is 37.1 Å². The Balaban J connectivity index is 0.953. The Morgan fingerprint density at radius 1 is 0.451 bits per heavy atom. The Bertz CT molecular complexity index is 3840. The maximum absolute atomic E-state index is 3.73. The molecule has 0 spiro atoms. The summed E-state index contributed by atoms with van der Waals surface area (Å²) in [6, 6.07) is 83.5. The first-order valence-electron chi connectivity index (χ1n) is 25.1. The third-order valence-corrected chi connectivity index (χ3v) is 20.2. The van der Waals surface area contributed by atoms with Gasteiger partial charge < -0.3 is 14.5 Å². The van der Waals surface area contributed by atoms with Crippen molar-refractivity contribution in [3.8, 4) is 22.5 Å². The summed E-state index contributed by atoms with van der Waals surface area (Å²) in [6.45, 7) is 2.21. The van der Waals surface area contributed by atoms with Crippen LogP contribution in [-0.4, -0.2) is 17.2 Å². The number of rotatable bonds is 10. The maximum Gasteiger partial charge on any atom is 0.175 e. The second-order valence-electron chi connectivity index (χ2n) is 19.2. The maximum atomic E-state index is 3.73. The van der Waals surface area contributed by atoms with Crippen LogP contribution in [0.2, 0.25) is 0 Å². The van der Waals surface area contributed by atoms with Crippen LogP contribution in [0.4, 0.5) is 11.4 Å². The molecule has 4 heteroatoms. The Kier molecular flexibility index (Phi) is 10.7. The van der Waals surface area contributed by atoms with E-state index in [1.807, 2.05) is 0 Å². The zero-order chi connectivity index (χ0) is 47.3.